The zero-order valence-electron chi connectivity index (χ0n) is 11.0. The van der Waals surface area contributed by atoms with Crippen molar-refractivity contribution in [1.82, 2.24) is 5.32 Å². The van der Waals surface area contributed by atoms with Gasteiger partial charge in [-0.05, 0) is 12.1 Å². The minimum absolute atomic E-state index is 0.0382. The van der Waals surface area contributed by atoms with Crippen LogP contribution < -0.4 is 10.1 Å². The van der Waals surface area contributed by atoms with E-state index >= 15 is 0 Å². The van der Waals surface area contributed by atoms with E-state index in [0.717, 1.165) is 11.1 Å². The molecule has 0 radical (unpaired) electrons. The highest BCUT2D eigenvalue weighted by Gasteiger charge is 2.03. The predicted octanol–water partition coefficient (Wildman–Crippen LogP) is 2.58. The van der Waals surface area contributed by atoms with E-state index in [1.165, 1.54) is 0 Å². The molecular formula is C16H16N2O2. The van der Waals surface area contributed by atoms with Crippen LogP contribution in [0, 0.1) is 11.3 Å². The quantitative estimate of drug-likeness (QED) is 0.845. The number of hydrogen-bond acceptors (Lipinski definition) is 4. The molecule has 2 aromatic carbocycles. The molecule has 4 heteroatoms. The third-order valence-corrected chi connectivity index (χ3v) is 2.89. The van der Waals surface area contributed by atoms with E-state index in [1.807, 2.05) is 42.5 Å². The Labute approximate surface area is 118 Å². The van der Waals surface area contributed by atoms with Crippen molar-refractivity contribution in [3.63, 3.8) is 0 Å². The Balaban J connectivity index is 1.94. The average Bonchev–Trinajstić information content (AvgIpc) is 2.48. The van der Waals surface area contributed by atoms with E-state index in [4.69, 9.17) is 10.00 Å². The van der Waals surface area contributed by atoms with Crippen molar-refractivity contribution in [2.24, 2.45) is 0 Å². The maximum atomic E-state index is 9.68. The number of hydrogen-bond donors (Lipinski definition) is 2. The second-order valence-electron chi connectivity index (χ2n) is 4.29. The molecule has 2 aromatic rings. The Morgan fingerprint density at radius 1 is 1.00 bits per heavy atom. The number of aromatic hydroxyl groups is 1. The number of para-hydroxylation sites is 2. The summed E-state index contributed by atoms with van der Waals surface area (Å²) in [5, 5.41) is 21.5. The maximum Gasteiger partial charge on any atom is 0.174 e. The molecule has 0 atom stereocenters. The van der Waals surface area contributed by atoms with Gasteiger partial charge in [0.25, 0.3) is 0 Å². The van der Waals surface area contributed by atoms with Crippen LogP contribution in [0.15, 0.2) is 48.5 Å². The molecule has 102 valence electrons. The van der Waals surface area contributed by atoms with Gasteiger partial charge >= 0.3 is 0 Å². The van der Waals surface area contributed by atoms with Crippen molar-refractivity contribution in [2.75, 3.05) is 6.61 Å². The van der Waals surface area contributed by atoms with Gasteiger partial charge in [-0.2, -0.15) is 5.26 Å². The van der Waals surface area contributed by atoms with Gasteiger partial charge in [-0.25, -0.2) is 0 Å². The van der Waals surface area contributed by atoms with Crippen molar-refractivity contribution in [3.05, 3.63) is 59.7 Å². The van der Waals surface area contributed by atoms with Gasteiger partial charge in [0, 0.05) is 24.2 Å². The molecule has 2 N–H and O–H groups in total. The molecule has 0 aliphatic rings. The molecule has 0 spiro atoms. The Morgan fingerprint density at radius 3 is 2.40 bits per heavy atom. The smallest absolute Gasteiger partial charge is 0.174 e. The van der Waals surface area contributed by atoms with Crippen LogP contribution in [-0.2, 0) is 13.1 Å². The fourth-order valence-electron chi connectivity index (χ4n) is 1.89. The zero-order valence-corrected chi connectivity index (χ0v) is 11.0. The van der Waals surface area contributed by atoms with Gasteiger partial charge in [-0.1, -0.05) is 36.4 Å². The summed E-state index contributed by atoms with van der Waals surface area (Å²) in [6.07, 6.45) is 0. The first kappa shape index (κ1) is 13.9. The molecule has 2 rings (SSSR count). The molecule has 0 unspecified atom stereocenters. The molecule has 4 nitrogen and oxygen atoms in total. The van der Waals surface area contributed by atoms with Crippen LogP contribution in [-0.4, -0.2) is 11.7 Å². The van der Waals surface area contributed by atoms with Crippen LogP contribution in [0.25, 0.3) is 0 Å². The first-order valence-electron chi connectivity index (χ1n) is 6.36. The third-order valence-electron chi connectivity index (χ3n) is 2.89. The van der Waals surface area contributed by atoms with Gasteiger partial charge in [0.15, 0.2) is 6.61 Å². The van der Waals surface area contributed by atoms with Crippen molar-refractivity contribution >= 4 is 0 Å². The number of nitrogens with zero attached hydrogens (tertiary/aromatic N) is 1. The van der Waals surface area contributed by atoms with Crippen LogP contribution in [0.4, 0.5) is 0 Å². The molecule has 0 aliphatic carbocycles. The summed E-state index contributed by atoms with van der Waals surface area (Å²) in [5.74, 6) is 0.993. The van der Waals surface area contributed by atoms with E-state index in [2.05, 4.69) is 5.32 Å². The first-order chi connectivity index (χ1) is 9.81. The average molecular weight is 268 g/mol. The number of nitrogens with one attached hydrogen (secondary N) is 1. The van der Waals surface area contributed by atoms with Crippen molar-refractivity contribution in [1.29, 1.82) is 5.26 Å². The van der Waals surface area contributed by atoms with Crippen LogP contribution in [0.3, 0.4) is 0 Å². The number of rotatable bonds is 6. The normalized spacial score (nSPS) is 9.95. The van der Waals surface area contributed by atoms with Gasteiger partial charge in [-0.3, -0.25) is 0 Å². The fraction of sp³-hybridized carbons (Fsp3) is 0.188. The topological polar surface area (TPSA) is 65.3 Å². The lowest BCUT2D eigenvalue weighted by Gasteiger charge is -2.10. The Bertz CT molecular complexity index is 605. The SMILES string of the molecule is N#CCOc1ccccc1CNCc1ccccc1O. The summed E-state index contributed by atoms with van der Waals surface area (Å²) in [7, 11) is 0. The molecule has 0 heterocycles. The number of phenols is 1. The highest BCUT2D eigenvalue weighted by Crippen LogP contribution is 2.19. The molecular weight excluding hydrogens is 252 g/mol. The summed E-state index contributed by atoms with van der Waals surface area (Å²) in [5.41, 5.74) is 1.83. The van der Waals surface area contributed by atoms with Gasteiger partial charge in [0.2, 0.25) is 0 Å². The molecule has 20 heavy (non-hydrogen) atoms. The minimum atomic E-state index is 0.0382. The van der Waals surface area contributed by atoms with Crippen molar-refractivity contribution in [2.45, 2.75) is 13.1 Å². The predicted molar refractivity (Wildman–Crippen MR) is 76.2 cm³/mol. The maximum absolute atomic E-state index is 9.68. The lowest BCUT2D eigenvalue weighted by molar-refractivity contribution is 0.362. The highest BCUT2D eigenvalue weighted by atomic mass is 16.5. The second kappa shape index (κ2) is 7.17. The van der Waals surface area contributed by atoms with Crippen LogP contribution in [0.1, 0.15) is 11.1 Å². The van der Waals surface area contributed by atoms with E-state index in [9.17, 15) is 5.11 Å². The standard InChI is InChI=1S/C16H16N2O2/c17-9-10-20-16-8-4-2-6-14(16)12-18-11-13-5-1-3-7-15(13)19/h1-8,18-19H,10-12H2. The number of phenolic OH excluding ortho intramolecular Hbond substituents is 1. The fourth-order valence-corrected chi connectivity index (χ4v) is 1.89. The van der Waals surface area contributed by atoms with Gasteiger partial charge < -0.3 is 15.2 Å². The summed E-state index contributed by atoms with van der Waals surface area (Å²) in [4.78, 5) is 0. The molecule has 0 saturated carbocycles. The Kier molecular flexibility index (Phi) is 4.99. The van der Waals surface area contributed by atoms with Gasteiger partial charge in [0.05, 0.1) is 0 Å². The van der Waals surface area contributed by atoms with Crippen molar-refractivity contribution in [3.8, 4) is 17.6 Å². The van der Waals surface area contributed by atoms with E-state index < -0.39 is 0 Å². The molecule has 0 amide bonds. The van der Waals surface area contributed by atoms with Crippen LogP contribution in [0.2, 0.25) is 0 Å². The Morgan fingerprint density at radius 2 is 1.65 bits per heavy atom. The highest BCUT2D eigenvalue weighted by molar-refractivity contribution is 5.34. The van der Waals surface area contributed by atoms with Crippen LogP contribution in [0.5, 0.6) is 11.5 Å². The van der Waals surface area contributed by atoms with E-state index in [0.29, 0.717) is 18.8 Å². The molecule has 0 fully saturated rings. The van der Waals surface area contributed by atoms with Crippen molar-refractivity contribution < 1.29 is 9.84 Å². The summed E-state index contributed by atoms with van der Waals surface area (Å²) in [6.45, 7) is 1.21. The number of benzene rings is 2. The zero-order chi connectivity index (χ0) is 14.2. The molecule has 0 bridgehead atoms. The van der Waals surface area contributed by atoms with Gasteiger partial charge in [-0.15, -0.1) is 0 Å². The third kappa shape index (κ3) is 3.74. The summed E-state index contributed by atoms with van der Waals surface area (Å²) < 4.78 is 5.36. The van der Waals surface area contributed by atoms with Crippen LogP contribution >= 0.6 is 0 Å². The first-order valence-corrected chi connectivity index (χ1v) is 6.36. The van der Waals surface area contributed by atoms with Gasteiger partial charge in [0.1, 0.15) is 17.6 Å². The molecule has 0 aliphatic heterocycles. The largest absolute Gasteiger partial charge is 0.508 e. The Hall–Kier alpha value is -2.51. The minimum Gasteiger partial charge on any atom is -0.508 e. The molecule has 0 saturated heterocycles. The molecule has 0 aromatic heterocycles. The van der Waals surface area contributed by atoms with E-state index in [-0.39, 0.29) is 12.4 Å². The second-order valence-corrected chi connectivity index (χ2v) is 4.29. The number of nitriles is 1. The summed E-state index contributed by atoms with van der Waals surface area (Å²) in [6, 6.07) is 16.8. The monoisotopic (exact) mass is 268 g/mol. The lowest BCUT2D eigenvalue weighted by Crippen LogP contribution is -2.13. The van der Waals surface area contributed by atoms with E-state index in [1.54, 1.807) is 12.1 Å². The number of ether oxygens (including phenoxy) is 1. The summed E-state index contributed by atoms with van der Waals surface area (Å²) >= 11 is 0. The lowest BCUT2D eigenvalue weighted by atomic mass is 10.1.